The van der Waals surface area contributed by atoms with E-state index in [0.29, 0.717) is 17.5 Å². The Kier molecular flexibility index (Phi) is 6.36. The van der Waals surface area contributed by atoms with Crippen LogP contribution in [0.2, 0.25) is 0 Å². The minimum Gasteiger partial charge on any atom is -0.460 e. The van der Waals surface area contributed by atoms with Crippen LogP contribution in [-0.4, -0.2) is 15.0 Å². The summed E-state index contributed by atoms with van der Waals surface area (Å²) in [6.45, 7) is 4.64. The van der Waals surface area contributed by atoms with E-state index in [-0.39, 0.29) is 11.3 Å². The summed E-state index contributed by atoms with van der Waals surface area (Å²) in [7, 11) is 0. The zero-order valence-corrected chi connectivity index (χ0v) is 29.3. The van der Waals surface area contributed by atoms with Crippen LogP contribution >= 0.6 is 0 Å². The summed E-state index contributed by atoms with van der Waals surface area (Å²) in [6.07, 6.45) is 5.08. The van der Waals surface area contributed by atoms with Gasteiger partial charge in [0.2, 0.25) is 0 Å². The Morgan fingerprint density at radius 3 is 2.19 bits per heavy atom. The van der Waals surface area contributed by atoms with E-state index in [1.54, 1.807) is 0 Å². The Morgan fingerprint density at radius 2 is 1.26 bits per heavy atom. The molecule has 0 saturated heterocycles. The van der Waals surface area contributed by atoms with Crippen molar-refractivity contribution in [3.8, 4) is 45.0 Å². The molecule has 53 heavy (non-hydrogen) atoms. The number of furan rings is 2. The smallest absolute Gasteiger partial charge is 0.167 e. The van der Waals surface area contributed by atoms with Gasteiger partial charge in [0.05, 0.1) is 11.5 Å². The zero-order chi connectivity index (χ0) is 35.3. The monoisotopic (exact) mass is 683 g/mol. The summed E-state index contributed by atoms with van der Waals surface area (Å²) < 4.78 is 13.2. The first-order chi connectivity index (χ1) is 26.0. The molecule has 9 aromatic rings. The molecule has 5 nitrogen and oxygen atoms in total. The van der Waals surface area contributed by atoms with Gasteiger partial charge in [-0.1, -0.05) is 129 Å². The summed E-state index contributed by atoms with van der Waals surface area (Å²) >= 11 is 0. The first kappa shape index (κ1) is 30.1. The first-order valence-electron chi connectivity index (χ1n) is 18.2. The number of aromatic nitrogens is 3. The van der Waals surface area contributed by atoms with Gasteiger partial charge >= 0.3 is 0 Å². The van der Waals surface area contributed by atoms with Crippen LogP contribution in [0.1, 0.15) is 54.5 Å². The molecular formula is C48H33N3O2. The summed E-state index contributed by atoms with van der Waals surface area (Å²) in [6, 6.07) is 46.7. The van der Waals surface area contributed by atoms with Gasteiger partial charge in [0, 0.05) is 32.7 Å². The van der Waals surface area contributed by atoms with Gasteiger partial charge in [0.1, 0.15) is 28.3 Å². The SMILES string of the molecule is CC1(C)c2ccccc2-c2cc(-c3ccc4oc5c(-c6nc(-c7ccccc7)nc(C7CC=Cc8c7oc7ccccc87)n6)cccc5c4c3)ccc21. The molecule has 11 rings (SSSR count). The van der Waals surface area contributed by atoms with Crippen molar-refractivity contribution in [2.45, 2.75) is 31.6 Å². The second-order valence-electron chi connectivity index (χ2n) is 14.7. The molecule has 0 radical (unpaired) electrons. The van der Waals surface area contributed by atoms with E-state index in [1.807, 2.05) is 54.6 Å². The molecule has 2 aliphatic rings. The molecule has 1 atom stereocenters. The van der Waals surface area contributed by atoms with Crippen LogP contribution in [0.15, 0.2) is 148 Å². The van der Waals surface area contributed by atoms with E-state index in [1.165, 1.54) is 27.8 Å². The van der Waals surface area contributed by atoms with Crippen molar-refractivity contribution in [1.29, 1.82) is 0 Å². The number of hydrogen-bond donors (Lipinski definition) is 0. The van der Waals surface area contributed by atoms with Crippen LogP contribution in [-0.2, 0) is 5.41 Å². The highest BCUT2D eigenvalue weighted by molar-refractivity contribution is 6.10. The molecule has 0 fully saturated rings. The average molecular weight is 684 g/mol. The molecule has 2 aliphatic carbocycles. The van der Waals surface area contributed by atoms with Gasteiger partial charge in [-0.15, -0.1) is 0 Å². The predicted octanol–water partition coefficient (Wildman–Crippen LogP) is 12.4. The van der Waals surface area contributed by atoms with Crippen molar-refractivity contribution in [2.75, 3.05) is 0 Å². The maximum Gasteiger partial charge on any atom is 0.167 e. The first-order valence-corrected chi connectivity index (χ1v) is 18.2. The average Bonchev–Trinajstić information content (AvgIpc) is 3.85. The Labute approximate surface area is 306 Å². The van der Waals surface area contributed by atoms with Crippen molar-refractivity contribution in [3.05, 3.63) is 168 Å². The van der Waals surface area contributed by atoms with E-state index in [4.69, 9.17) is 23.8 Å². The van der Waals surface area contributed by atoms with Crippen molar-refractivity contribution in [3.63, 3.8) is 0 Å². The number of allylic oxidation sites excluding steroid dienone is 1. The molecule has 0 saturated carbocycles. The van der Waals surface area contributed by atoms with E-state index >= 15 is 0 Å². The van der Waals surface area contributed by atoms with Crippen LogP contribution in [0, 0.1) is 0 Å². The van der Waals surface area contributed by atoms with Crippen LogP contribution in [0.4, 0.5) is 0 Å². The molecule has 0 amide bonds. The van der Waals surface area contributed by atoms with E-state index in [9.17, 15) is 0 Å². The fourth-order valence-electron chi connectivity index (χ4n) is 8.61. The number of fused-ring (bicyclic) bond motifs is 9. The van der Waals surface area contributed by atoms with Crippen molar-refractivity contribution < 1.29 is 8.83 Å². The molecular weight excluding hydrogens is 651 g/mol. The molecule has 3 aromatic heterocycles. The molecule has 0 aliphatic heterocycles. The molecule has 5 heteroatoms. The van der Waals surface area contributed by atoms with Crippen molar-refractivity contribution in [2.24, 2.45) is 0 Å². The lowest BCUT2D eigenvalue weighted by atomic mass is 9.82. The van der Waals surface area contributed by atoms with E-state index in [2.05, 4.69) is 105 Å². The number of hydrogen-bond acceptors (Lipinski definition) is 5. The van der Waals surface area contributed by atoms with Gasteiger partial charge in [-0.2, -0.15) is 0 Å². The summed E-state index contributed by atoms with van der Waals surface area (Å²) in [5, 5.41) is 3.18. The van der Waals surface area contributed by atoms with Gasteiger partial charge in [-0.25, -0.2) is 15.0 Å². The Bertz CT molecular complexity index is 2970. The molecule has 0 N–H and O–H groups in total. The largest absolute Gasteiger partial charge is 0.460 e. The van der Waals surface area contributed by atoms with Crippen LogP contribution in [0.25, 0.3) is 84.0 Å². The lowest BCUT2D eigenvalue weighted by Gasteiger charge is -2.21. The fraction of sp³-hybridized carbons (Fsp3) is 0.104. The second kappa shape index (κ2) is 11.2. The molecule has 3 heterocycles. The molecule has 1 unspecified atom stereocenters. The van der Waals surface area contributed by atoms with Gasteiger partial charge in [0.25, 0.3) is 0 Å². The van der Waals surface area contributed by atoms with Crippen molar-refractivity contribution in [1.82, 2.24) is 15.0 Å². The lowest BCUT2D eigenvalue weighted by Crippen LogP contribution is -2.14. The Balaban J connectivity index is 1.05. The van der Waals surface area contributed by atoms with Gasteiger partial charge in [0.15, 0.2) is 11.6 Å². The van der Waals surface area contributed by atoms with Crippen LogP contribution in [0.5, 0.6) is 0 Å². The standard InChI is InChI=1S/C48H33N3O2/c1-48(2)39-20-8-6-14-31(39)37-26-29(22-24-40(37)48)30-23-25-42-38(27-30)34-17-11-19-36(44(34)53-42)47-50-45(28-12-4-3-5-13-28)49-46(51-47)35-18-10-16-33-32-15-7-9-21-41(32)52-43(33)35/h3-17,19-27,35H,18H2,1-2H3. The highest BCUT2D eigenvalue weighted by Gasteiger charge is 2.35. The van der Waals surface area contributed by atoms with Gasteiger partial charge < -0.3 is 8.83 Å². The lowest BCUT2D eigenvalue weighted by molar-refractivity contribution is 0.506. The predicted molar refractivity (Wildman–Crippen MR) is 213 cm³/mol. The number of benzene rings is 6. The number of para-hydroxylation sites is 2. The normalized spacial score (nSPS) is 15.5. The minimum atomic E-state index is -0.158. The second-order valence-corrected chi connectivity index (χ2v) is 14.7. The summed E-state index contributed by atoms with van der Waals surface area (Å²) in [4.78, 5) is 15.4. The molecule has 252 valence electrons. The highest BCUT2D eigenvalue weighted by atomic mass is 16.3. The summed E-state index contributed by atoms with van der Waals surface area (Å²) in [5.41, 5.74) is 13.0. The maximum atomic E-state index is 6.67. The van der Waals surface area contributed by atoms with Gasteiger partial charge in [-0.05, 0) is 70.1 Å². The third kappa shape index (κ3) is 4.53. The zero-order valence-electron chi connectivity index (χ0n) is 29.3. The van der Waals surface area contributed by atoms with E-state index < -0.39 is 0 Å². The third-order valence-corrected chi connectivity index (χ3v) is 11.3. The maximum absolute atomic E-state index is 6.67. The minimum absolute atomic E-state index is 0.0249. The summed E-state index contributed by atoms with van der Waals surface area (Å²) in [5.74, 6) is 2.60. The van der Waals surface area contributed by atoms with Gasteiger partial charge in [-0.3, -0.25) is 0 Å². The Hall–Kier alpha value is -6.59. The molecule has 6 aromatic carbocycles. The quantitative estimate of drug-likeness (QED) is 0.185. The fourth-order valence-corrected chi connectivity index (χ4v) is 8.61. The van der Waals surface area contributed by atoms with Crippen molar-refractivity contribution >= 4 is 39.0 Å². The van der Waals surface area contributed by atoms with E-state index in [0.717, 1.165) is 67.3 Å². The number of nitrogens with zero attached hydrogens (tertiary/aromatic N) is 3. The van der Waals surface area contributed by atoms with Crippen LogP contribution in [0.3, 0.4) is 0 Å². The topological polar surface area (TPSA) is 65.0 Å². The molecule has 0 bridgehead atoms. The Morgan fingerprint density at radius 1 is 0.547 bits per heavy atom. The molecule has 0 spiro atoms. The van der Waals surface area contributed by atoms with Crippen LogP contribution < -0.4 is 0 Å². The third-order valence-electron chi connectivity index (χ3n) is 11.3. The highest BCUT2D eigenvalue weighted by Crippen LogP contribution is 2.50. The number of rotatable bonds is 4.